The second kappa shape index (κ2) is 10.00. The van der Waals surface area contributed by atoms with Crippen LogP contribution in [0.5, 0.6) is 0 Å². The first-order valence-corrected chi connectivity index (χ1v) is 11.1. The summed E-state index contributed by atoms with van der Waals surface area (Å²) in [6, 6.07) is 13.6. The number of thioether (sulfide) groups is 1. The Bertz CT molecular complexity index is 1020. The molecule has 0 unspecified atom stereocenters. The van der Waals surface area contributed by atoms with Crippen molar-refractivity contribution in [1.82, 2.24) is 14.8 Å². The van der Waals surface area contributed by atoms with Gasteiger partial charge < -0.3 is 15.2 Å². The second-order valence-corrected chi connectivity index (χ2v) is 8.79. The van der Waals surface area contributed by atoms with Crippen LogP contribution in [0.4, 0.5) is 11.4 Å². The predicted molar refractivity (Wildman–Crippen MR) is 124 cm³/mol. The van der Waals surface area contributed by atoms with Crippen LogP contribution in [-0.2, 0) is 17.9 Å². The summed E-state index contributed by atoms with van der Waals surface area (Å²) < 4.78 is 2.02. The third kappa shape index (κ3) is 5.55. The monoisotopic (exact) mass is 443 g/mol. The summed E-state index contributed by atoms with van der Waals surface area (Å²) in [7, 11) is 0. The maximum atomic E-state index is 12.6. The molecule has 0 aliphatic heterocycles. The van der Waals surface area contributed by atoms with E-state index in [0.29, 0.717) is 13.1 Å². The third-order valence-corrected chi connectivity index (χ3v) is 6.19. The van der Waals surface area contributed by atoms with Crippen LogP contribution in [-0.4, -0.2) is 25.9 Å². The van der Waals surface area contributed by atoms with Crippen molar-refractivity contribution in [3.05, 3.63) is 64.4 Å². The molecule has 0 radical (unpaired) electrons. The van der Waals surface area contributed by atoms with Crippen molar-refractivity contribution < 1.29 is 4.79 Å². The van der Waals surface area contributed by atoms with Crippen LogP contribution >= 0.6 is 23.4 Å². The lowest BCUT2D eigenvalue weighted by atomic mass is 10.2. The number of carbonyl (C=O) groups excluding carboxylic acids is 1. The highest BCUT2D eigenvalue weighted by atomic mass is 35.5. The molecule has 2 N–H and O–H groups in total. The lowest BCUT2D eigenvalue weighted by Crippen LogP contribution is -2.23. The van der Waals surface area contributed by atoms with Gasteiger partial charge in [0.15, 0.2) is 11.0 Å². The number of rotatable bonds is 8. The van der Waals surface area contributed by atoms with E-state index >= 15 is 0 Å². The Morgan fingerprint density at radius 2 is 1.83 bits per heavy atom. The molecule has 158 valence electrons. The topological polar surface area (TPSA) is 71.8 Å². The van der Waals surface area contributed by atoms with Gasteiger partial charge >= 0.3 is 0 Å². The number of hydrogen-bond acceptors (Lipinski definition) is 5. The molecule has 3 rings (SSSR count). The highest BCUT2D eigenvalue weighted by molar-refractivity contribution is 8.00. The number of nitrogens with zero attached hydrogens (tertiary/aromatic N) is 3. The van der Waals surface area contributed by atoms with E-state index in [1.807, 2.05) is 74.7 Å². The fraction of sp³-hybridized carbons (Fsp3) is 0.318. The Kier molecular flexibility index (Phi) is 7.39. The fourth-order valence-corrected chi connectivity index (χ4v) is 3.94. The molecule has 0 fully saturated rings. The smallest absolute Gasteiger partial charge is 0.237 e. The van der Waals surface area contributed by atoms with Crippen LogP contribution in [0.2, 0.25) is 5.02 Å². The Hall–Kier alpha value is -2.51. The number of hydrogen-bond donors (Lipinski definition) is 2. The summed E-state index contributed by atoms with van der Waals surface area (Å²) in [5.41, 5.74) is 3.91. The highest BCUT2D eigenvalue weighted by Crippen LogP contribution is 2.25. The summed E-state index contributed by atoms with van der Waals surface area (Å²) in [6.45, 7) is 9.13. The molecular formula is C22H26ClN5OS. The minimum Gasteiger partial charge on any atom is -0.378 e. The normalized spacial score (nSPS) is 11.9. The van der Waals surface area contributed by atoms with Crippen molar-refractivity contribution >= 4 is 40.6 Å². The van der Waals surface area contributed by atoms with Crippen LogP contribution in [0.15, 0.2) is 47.6 Å². The lowest BCUT2D eigenvalue weighted by molar-refractivity contribution is -0.115. The maximum Gasteiger partial charge on any atom is 0.237 e. The third-order valence-electron chi connectivity index (χ3n) is 4.70. The SMILES string of the molecule is CCn1c(CNc2ccc(C)c(Cl)c2)nnc1S[C@@H](C)C(=O)Nc1ccc(C)cc1. The van der Waals surface area contributed by atoms with E-state index in [4.69, 9.17) is 11.6 Å². The van der Waals surface area contributed by atoms with Crippen LogP contribution in [0.25, 0.3) is 0 Å². The molecule has 0 aliphatic carbocycles. The molecule has 0 aliphatic rings. The number of aromatic nitrogens is 3. The molecular weight excluding hydrogens is 418 g/mol. The summed E-state index contributed by atoms with van der Waals surface area (Å²) in [4.78, 5) is 12.6. The van der Waals surface area contributed by atoms with Crippen LogP contribution in [0, 0.1) is 13.8 Å². The maximum absolute atomic E-state index is 12.6. The van der Waals surface area contributed by atoms with Gasteiger partial charge in [-0.3, -0.25) is 4.79 Å². The minimum atomic E-state index is -0.308. The molecule has 0 saturated heterocycles. The van der Waals surface area contributed by atoms with Gasteiger partial charge in [-0.25, -0.2) is 0 Å². The van der Waals surface area contributed by atoms with Crippen molar-refractivity contribution in [1.29, 1.82) is 0 Å². The van der Waals surface area contributed by atoms with E-state index in [1.165, 1.54) is 11.8 Å². The number of amides is 1. The Balaban J connectivity index is 1.63. The van der Waals surface area contributed by atoms with Gasteiger partial charge in [0.1, 0.15) is 0 Å². The standard InChI is InChI=1S/C22H26ClN5OS/c1-5-28-20(13-24-18-11-8-15(3)19(23)12-18)26-27-22(28)30-16(4)21(29)25-17-9-6-14(2)7-10-17/h6-12,16,24H,5,13H2,1-4H3,(H,25,29)/t16-/m0/s1. The van der Waals surface area contributed by atoms with Crippen molar-refractivity contribution in [2.75, 3.05) is 10.6 Å². The first-order chi connectivity index (χ1) is 14.4. The number of nitrogens with one attached hydrogen (secondary N) is 2. The van der Waals surface area contributed by atoms with Gasteiger partial charge in [-0.1, -0.05) is 47.1 Å². The summed E-state index contributed by atoms with van der Waals surface area (Å²) >= 11 is 7.60. The zero-order chi connectivity index (χ0) is 21.7. The molecule has 1 amide bonds. The second-order valence-electron chi connectivity index (χ2n) is 7.08. The quantitative estimate of drug-likeness (QED) is 0.462. The number of aryl methyl sites for hydroxylation is 2. The molecule has 8 heteroatoms. The van der Waals surface area contributed by atoms with Crippen molar-refractivity contribution in [3.8, 4) is 0 Å². The Morgan fingerprint density at radius 1 is 1.13 bits per heavy atom. The summed E-state index contributed by atoms with van der Waals surface area (Å²) in [6.07, 6.45) is 0. The molecule has 6 nitrogen and oxygen atoms in total. The predicted octanol–water partition coefficient (Wildman–Crippen LogP) is 5.30. The van der Waals surface area contributed by atoms with Gasteiger partial charge in [-0.2, -0.15) is 0 Å². The average molecular weight is 444 g/mol. The Labute approximate surface area is 186 Å². The van der Waals surface area contributed by atoms with Crippen molar-refractivity contribution in [3.63, 3.8) is 0 Å². The van der Waals surface area contributed by atoms with Gasteiger partial charge in [0.2, 0.25) is 5.91 Å². The number of carbonyl (C=O) groups is 1. The molecule has 0 spiro atoms. The van der Waals surface area contributed by atoms with Gasteiger partial charge in [-0.15, -0.1) is 10.2 Å². The van der Waals surface area contributed by atoms with Gasteiger partial charge in [0, 0.05) is 22.9 Å². The summed E-state index contributed by atoms with van der Waals surface area (Å²) in [5.74, 6) is 0.742. The molecule has 2 aromatic carbocycles. The molecule has 3 aromatic rings. The van der Waals surface area contributed by atoms with E-state index in [1.54, 1.807) is 0 Å². The van der Waals surface area contributed by atoms with Crippen molar-refractivity contribution in [2.24, 2.45) is 0 Å². The van der Waals surface area contributed by atoms with Crippen LogP contribution in [0.1, 0.15) is 30.8 Å². The van der Waals surface area contributed by atoms with Gasteiger partial charge in [0.25, 0.3) is 0 Å². The van der Waals surface area contributed by atoms with Gasteiger partial charge in [-0.05, 0) is 57.5 Å². The zero-order valence-corrected chi connectivity index (χ0v) is 19.1. The highest BCUT2D eigenvalue weighted by Gasteiger charge is 2.20. The Morgan fingerprint density at radius 3 is 2.50 bits per heavy atom. The summed E-state index contributed by atoms with van der Waals surface area (Å²) in [5, 5.41) is 16.0. The average Bonchev–Trinajstić information content (AvgIpc) is 3.11. The molecule has 30 heavy (non-hydrogen) atoms. The van der Waals surface area contributed by atoms with Gasteiger partial charge in [0.05, 0.1) is 11.8 Å². The zero-order valence-electron chi connectivity index (χ0n) is 17.6. The number of halogens is 1. The largest absolute Gasteiger partial charge is 0.378 e. The number of anilines is 2. The molecule has 1 atom stereocenters. The van der Waals surface area contributed by atoms with E-state index in [2.05, 4.69) is 20.8 Å². The first kappa shape index (κ1) is 22.2. The fourth-order valence-electron chi connectivity index (χ4n) is 2.83. The van der Waals surface area contributed by atoms with Crippen molar-refractivity contribution in [2.45, 2.75) is 51.2 Å². The molecule has 1 aromatic heterocycles. The molecule has 1 heterocycles. The van der Waals surface area contributed by atoms with E-state index in [9.17, 15) is 4.79 Å². The molecule has 0 bridgehead atoms. The molecule has 0 saturated carbocycles. The minimum absolute atomic E-state index is 0.0662. The van der Waals surface area contributed by atoms with E-state index < -0.39 is 0 Å². The van der Waals surface area contributed by atoms with E-state index in [0.717, 1.165) is 38.5 Å². The lowest BCUT2D eigenvalue weighted by Gasteiger charge is -2.13. The number of benzene rings is 2. The van der Waals surface area contributed by atoms with Crippen LogP contribution < -0.4 is 10.6 Å². The van der Waals surface area contributed by atoms with Crippen LogP contribution in [0.3, 0.4) is 0 Å². The first-order valence-electron chi connectivity index (χ1n) is 9.83. The van der Waals surface area contributed by atoms with E-state index in [-0.39, 0.29) is 11.2 Å².